The van der Waals surface area contributed by atoms with Crippen LogP contribution in [0, 0.1) is 5.82 Å². The molecule has 0 bridgehead atoms. The van der Waals surface area contributed by atoms with Gasteiger partial charge in [0.2, 0.25) is 0 Å². The van der Waals surface area contributed by atoms with E-state index in [0.717, 1.165) is 6.20 Å². The summed E-state index contributed by atoms with van der Waals surface area (Å²) in [6.07, 6.45) is 1.09. The van der Waals surface area contributed by atoms with Crippen LogP contribution in [0.15, 0.2) is 35.4 Å². The highest BCUT2D eigenvalue weighted by Gasteiger charge is 2.19. The van der Waals surface area contributed by atoms with Crippen molar-refractivity contribution < 1.29 is 12.8 Å². The predicted octanol–water partition coefficient (Wildman–Crippen LogP) is 2.14. The van der Waals surface area contributed by atoms with Crippen LogP contribution >= 0.6 is 10.7 Å². The minimum atomic E-state index is -3.90. The lowest BCUT2D eigenvalue weighted by Crippen LogP contribution is -1.92. The van der Waals surface area contributed by atoms with E-state index in [1.54, 1.807) is 6.07 Å². The van der Waals surface area contributed by atoms with Crippen LogP contribution in [0.3, 0.4) is 0 Å². The summed E-state index contributed by atoms with van der Waals surface area (Å²) < 4.78 is 35.3. The Bertz CT molecular complexity index is 624. The zero-order chi connectivity index (χ0) is 11.8. The second-order valence-corrected chi connectivity index (χ2v) is 5.59. The van der Waals surface area contributed by atoms with Crippen molar-refractivity contribution >= 4 is 19.7 Å². The molecule has 2 rings (SSSR count). The molecule has 4 nitrogen and oxygen atoms in total. The Hall–Kier alpha value is -1.40. The number of halogens is 2. The summed E-state index contributed by atoms with van der Waals surface area (Å²) in [5, 5.41) is 6.06. The van der Waals surface area contributed by atoms with E-state index in [4.69, 9.17) is 10.7 Å². The first-order chi connectivity index (χ1) is 7.48. The minimum Gasteiger partial charge on any atom is -0.276 e. The molecule has 0 aliphatic heterocycles. The molecule has 0 fully saturated rings. The first-order valence-electron chi connectivity index (χ1n) is 4.22. The van der Waals surface area contributed by atoms with Crippen molar-refractivity contribution in [3.05, 3.63) is 36.3 Å². The molecule has 16 heavy (non-hydrogen) atoms. The zero-order valence-electron chi connectivity index (χ0n) is 7.81. The highest BCUT2D eigenvalue weighted by Crippen LogP contribution is 2.27. The van der Waals surface area contributed by atoms with Gasteiger partial charge >= 0.3 is 0 Å². The fourth-order valence-electron chi connectivity index (χ4n) is 1.31. The van der Waals surface area contributed by atoms with Crippen molar-refractivity contribution in [3.63, 3.8) is 0 Å². The molecule has 84 valence electrons. The molecule has 7 heteroatoms. The van der Waals surface area contributed by atoms with Gasteiger partial charge in [-0.2, -0.15) is 5.10 Å². The third-order valence-electron chi connectivity index (χ3n) is 1.98. The van der Waals surface area contributed by atoms with Crippen molar-refractivity contribution in [1.29, 1.82) is 0 Å². The second-order valence-electron chi connectivity index (χ2n) is 3.06. The van der Waals surface area contributed by atoms with E-state index in [1.807, 2.05) is 0 Å². The van der Waals surface area contributed by atoms with Crippen LogP contribution in [0.2, 0.25) is 0 Å². The summed E-state index contributed by atoms with van der Waals surface area (Å²) in [6, 6.07) is 5.48. The lowest BCUT2D eigenvalue weighted by Gasteiger charge is -2.00. The summed E-state index contributed by atoms with van der Waals surface area (Å²) in [4.78, 5) is -0.167. The number of aromatic amines is 1. The molecule has 0 atom stereocenters. The van der Waals surface area contributed by atoms with Crippen LogP contribution in [0.25, 0.3) is 11.3 Å². The lowest BCUT2D eigenvalue weighted by molar-refractivity contribution is 0.609. The third-order valence-corrected chi connectivity index (χ3v) is 3.31. The van der Waals surface area contributed by atoms with Gasteiger partial charge < -0.3 is 0 Å². The Morgan fingerprint density at radius 2 is 2.12 bits per heavy atom. The predicted molar refractivity (Wildman–Crippen MR) is 57.0 cm³/mol. The molecule has 0 radical (unpaired) electrons. The average Bonchev–Trinajstić information content (AvgIpc) is 2.65. The largest absolute Gasteiger partial charge is 0.276 e. The fraction of sp³-hybridized carbons (Fsp3) is 0. The van der Waals surface area contributed by atoms with Crippen LogP contribution < -0.4 is 0 Å². The van der Waals surface area contributed by atoms with E-state index in [1.165, 1.54) is 18.2 Å². The van der Waals surface area contributed by atoms with Gasteiger partial charge in [-0.05, 0) is 12.1 Å². The Morgan fingerprint density at radius 3 is 2.75 bits per heavy atom. The van der Waals surface area contributed by atoms with Gasteiger partial charge in [0.1, 0.15) is 10.7 Å². The van der Waals surface area contributed by atoms with Gasteiger partial charge in [0.25, 0.3) is 9.05 Å². The molecule has 1 aromatic carbocycles. The number of hydrogen-bond acceptors (Lipinski definition) is 3. The molecule has 1 aromatic heterocycles. The Kier molecular flexibility index (Phi) is 2.69. The maximum absolute atomic E-state index is 13.0. The summed E-state index contributed by atoms with van der Waals surface area (Å²) in [7, 11) is 1.32. The van der Waals surface area contributed by atoms with Gasteiger partial charge in [-0.3, -0.25) is 5.10 Å². The first kappa shape index (κ1) is 11.1. The molecule has 2 aromatic rings. The van der Waals surface area contributed by atoms with Gasteiger partial charge in [0.15, 0.2) is 0 Å². The summed E-state index contributed by atoms with van der Waals surface area (Å²) in [5.74, 6) is -0.468. The second kappa shape index (κ2) is 3.88. The van der Waals surface area contributed by atoms with Gasteiger partial charge in [-0.25, -0.2) is 12.8 Å². The Labute approximate surface area is 95.5 Å². The molecule has 0 aliphatic carbocycles. The fourth-order valence-corrected chi connectivity index (χ4v) is 2.25. The molecule has 1 heterocycles. The van der Waals surface area contributed by atoms with Crippen LogP contribution in [0.5, 0.6) is 0 Å². The highest BCUT2D eigenvalue weighted by molar-refractivity contribution is 8.13. The van der Waals surface area contributed by atoms with Crippen LogP contribution in [-0.4, -0.2) is 18.6 Å². The molecule has 0 unspecified atom stereocenters. The molecule has 1 N–H and O–H groups in total. The number of rotatable bonds is 2. The van der Waals surface area contributed by atoms with E-state index < -0.39 is 14.9 Å². The molecule has 0 amide bonds. The number of nitrogens with zero attached hydrogens (tertiary/aromatic N) is 1. The summed E-state index contributed by atoms with van der Waals surface area (Å²) in [6.45, 7) is 0. The molecule has 0 saturated heterocycles. The number of H-pyrrole nitrogens is 1. The van der Waals surface area contributed by atoms with Gasteiger partial charge in [-0.15, -0.1) is 0 Å². The van der Waals surface area contributed by atoms with Crippen molar-refractivity contribution in [1.82, 2.24) is 10.2 Å². The van der Waals surface area contributed by atoms with Crippen molar-refractivity contribution in [2.24, 2.45) is 0 Å². The van der Waals surface area contributed by atoms with Crippen molar-refractivity contribution in [2.75, 3.05) is 0 Å². The van der Waals surface area contributed by atoms with Gasteiger partial charge in [-0.1, -0.05) is 12.1 Å². The monoisotopic (exact) mass is 260 g/mol. The quantitative estimate of drug-likeness (QED) is 0.842. The smallest absolute Gasteiger partial charge is 0.265 e. The molecular formula is C9H6ClFN2O2S. The molecule has 0 aliphatic rings. The molecule has 0 spiro atoms. The van der Waals surface area contributed by atoms with Crippen molar-refractivity contribution in [2.45, 2.75) is 4.90 Å². The number of nitrogens with one attached hydrogen (secondary N) is 1. The number of hydrogen-bond donors (Lipinski definition) is 1. The van der Waals surface area contributed by atoms with Crippen LogP contribution in [0.4, 0.5) is 4.39 Å². The summed E-state index contributed by atoms with van der Waals surface area (Å²) >= 11 is 0. The molecule has 0 saturated carbocycles. The minimum absolute atomic E-state index is 0.167. The SMILES string of the molecule is O=S(=O)(Cl)c1cn[nH]c1-c1cccc(F)c1. The third kappa shape index (κ3) is 2.07. The average molecular weight is 261 g/mol. The lowest BCUT2D eigenvalue weighted by atomic mass is 10.1. The first-order valence-corrected chi connectivity index (χ1v) is 6.53. The van der Waals surface area contributed by atoms with E-state index in [9.17, 15) is 12.8 Å². The summed E-state index contributed by atoms with van der Waals surface area (Å²) in [5.41, 5.74) is 0.547. The van der Waals surface area contributed by atoms with Crippen LogP contribution in [0.1, 0.15) is 0 Å². The Morgan fingerprint density at radius 1 is 1.38 bits per heavy atom. The number of benzene rings is 1. The van der Waals surface area contributed by atoms with E-state index in [-0.39, 0.29) is 10.6 Å². The van der Waals surface area contributed by atoms with Gasteiger partial charge in [0, 0.05) is 16.2 Å². The molecular weight excluding hydrogens is 255 g/mol. The van der Waals surface area contributed by atoms with E-state index in [0.29, 0.717) is 5.56 Å². The maximum atomic E-state index is 13.0. The van der Waals surface area contributed by atoms with Crippen molar-refractivity contribution in [3.8, 4) is 11.3 Å². The zero-order valence-corrected chi connectivity index (χ0v) is 9.39. The maximum Gasteiger partial charge on any atom is 0.265 e. The number of aromatic nitrogens is 2. The van der Waals surface area contributed by atoms with Gasteiger partial charge in [0.05, 0.1) is 11.9 Å². The highest BCUT2D eigenvalue weighted by atomic mass is 35.7. The topological polar surface area (TPSA) is 62.8 Å². The van der Waals surface area contributed by atoms with E-state index >= 15 is 0 Å². The standard InChI is InChI=1S/C9H6ClFN2O2S/c10-16(14,15)8-5-12-13-9(8)6-2-1-3-7(11)4-6/h1-5H,(H,12,13). The normalized spacial score (nSPS) is 11.6. The van der Waals surface area contributed by atoms with E-state index in [2.05, 4.69) is 10.2 Å². The van der Waals surface area contributed by atoms with Crippen LogP contribution in [-0.2, 0) is 9.05 Å². The Balaban J connectivity index is 2.62.